The number of rotatable bonds is 13. The number of carbonyl (C=O) groups excluding carboxylic acids is 4. The number of carboxylic acid groups (broad SMARTS) is 1. The molecule has 59 heavy (non-hydrogen) atoms. The molecule has 0 fully saturated rings. The molecule has 0 aliphatic heterocycles. The van der Waals surface area contributed by atoms with E-state index < -0.39 is 56.8 Å². The molecule has 0 saturated heterocycles. The van der Waals surface area contributed by atoms with Crippen molar-refractivity contribution in [3.05, 3.63) is 107 Å². The SMILES string of the molecule is CCOC(=O)Cl.CCOC(=O)N[C@@H](Cc1ccc(F)cc1)C(=O)OC.CO.COC(=O)[C@H](Cc1ccc(F)cc1)NCl.N[C@@H](Cc1ccc(F)cc1)C(=O)O.O=S(Cl)Cl. The number of aliphatic carboxylic acids is 1. The van der Waals surface area contributed by atoms with Gasteiger partial charge in [-0.15, -0.1) is 0 Å². The zero-order chi connectivity index (χ0) is 45.9. The minimum atomic E-state index is -1.67. The minimum Gasteiger partial charge on any atom is -0.480 e. The number of amides is 1. The number of benzene rings is 3. The maximum Gasteiger partial charge on any atom is 0.407 e. The summed E-state index contributed by atoms with van der Waals surface area (Å²) in [5.74, 6) is -3.10. The summed E-state index contributed by atoms with van der Waals surface area (Å²) < 4.78 is 64.9. The molecule has 3 rings (SSSR count). The summed E-state index contributed by atoms with van der Waals surface area (Å²) in [5.41, 5.74) is 6.78. The fourth-order valence-corrected chi connectivity index (χ4v) is 4.02. The van der Waals surface area contributed by atoms with E-state index in [9.17, 15) is 37.1 Å². The maximum absolute atomic E-state index is 12.8. The quantitative estimate of drug-likeness (QED) is 0.0563. The normalized spacial score (nSPS) is 11.0. The van der Waals surface area contributed by atoms with Crippen LogP contribution >= 0.6 is 44.7 Å². The maximum atomic E-state index is 12.8. The van der Waals surface area contributed by atoms with Crippen LogP contribution in [0.4, 0.5) is 22.8 Å². The number of esters is 2. The second-order valence-corrected chi connectivity index (χ2v) is 13.5. The molecule has 0 radical (unpaired) electrons. The van der Waals surface area contributed by atoms with Crippen LogP contribution in [0.1, 0.15) is 30.5 Å². The summed E-state index contributed by atoms with van der Waals surface area (Å²) in [7, 11) is 10.9. The number of nitrogens with one attached hydrogen (secondary N) is 2. The first kappa shape index (κ1) is 59.1. The van der Waals surface area contributed by atoms with Gasteiger partial charge < -0.3 is 40.2 Å². The van der Waals surface area contributed by atoms with Gasteiger partial charge in [0.2, 0.25) is 9.23 Å². The molecule has 332 valence electrons. The smallest absolute Gasteiger partial charge is 0.407 e. The molecule has 3 aromatic rings. The van der Waals surface area contributed by atoms with Crippen molar-refractivity contribution in [2.24, 2.45) is 5.73 Å². The molecule has 0 heterocycles. The van der Waals surface area contributed by atoms with Gasteiger partial charge in [0.15, 0.2) is 0 Å². The molecule has 23 heteroatoms. The van der Waals surface area contributed by atoms with Crippen LogP contribution in [0.25, 0.3) is 0 Å². The summed E-state index contributed by atoms with van der Waals surface area (Å²) in [4.78, 5) is 56.3. The molecule has 0 aliphatic rings. The van der Waals surface area contributed by atoms with E-state index in [1.165, 1.54) is 74.9 Å². The van der Waals surface area contributed by atoms with Gasteiger partial charge in [0.1, 0.15) is 35.6 Å². The number of alkyl carbamates (subject to hydrolysis) is 1. The van der Waals surface area contributed by atoms with Crippen LogP contribution in [0.5, 0.6) is 0 Å². The fourth-order valence-electron chi connectivity index (χ4n) is 3.75. The lowest BCUT2D eigenvalue weighted by Gasteiger charge is -2.16. The molecule has 3 atom stereocenters. The molecule has 0 bridgehead atoms. The fraction of sp³-hybridized carbons (Fsp3) is 0.361. The molecular formula is C36H46Cl4F3N3O12S. The van der Waals surface area contributed by atoms with Crippen LogP contribution in [0, 0.1) is 17.5 Å². The van der Waals surface area contributed by atoms with E-state index in [1.54, 1.807) is 26.0 Å². The van der Waals surface area contributed by atoms with Crippen LogP contribution in [0.2, 0.25) is 0 Å². The first-order valence-corrected chi connectivity index (χ1v) is 20.1. The number of carboxylic acids is 1. The molecule has 0 spiro atoms. The number of carbonyl (C=O) groups is 5. The number of hydrogen-bond donors (Lipinski definition) is 5. The zero-order valence-corrected chi connectivity index (χ0v) is 36.1. The Morgan fingerprint density at radius 1 is 0.695 bits per heavy atom. The van der Waals surface area contributed by atoms with Crippen molar-refractivity contribution in [2.45, 2.75) is 51.2 Å². The van der Waals surface area contributed by atoms with E-state index >= 15 is 0 Å². The molecule has 0 aromatic heterocycles. The van der Waals surface area contributed by atoms with Gasteiger partial charge in [0.05, 0.1) is 27.4 Å². The van der Waals surface area contributed by atoms with E-state index in [-0.39, 0.29) is 36.9 Å². The average Bonchev–Trinajstić information content (AvgIpc) is 3.19. The molecule has 15 nitrogen and oxygen atoms in total. The summed E-state index contributed by atoms with van der Waals surface area (Å²) in [5, 5.41) is 17.9. The van der Waals surface area contributed by atoms with Crippen LogP contribution in [0.3, 0.4) is 0 Å². The van der Waals surface area contributed by atoms with Gasteiger partial charge in [0, 0.05) is 46.5 Å². The largest absolute Gasteiger partial charge is 0.480 e. The highest BCUT2D eigenvalue weighted by Crippen LogP contribution is 2.09. The van der Waals surface area contributed by atoms with Crippen molar-refractivity contribution < 1.29 is 70.5 Å². The van der Waals surface area contributed by atoms with Crippen LogP contribution < -0.4 is 15.9 Å². The first-order valence-electron chi connectivity index (χ1n) is 16.5. The minimum absolute atomic E-state index is 0.200. The lowest BCUT2D eigenvalue weighted by molar-refractivity contribution is -0.143. The molecular weight excluding hydrogens is 897 g/mol. The van der Waals surface area contributed by atoms with E-state index in [1.807, 2.05) is 0 Å². The van der Waals surface area contributed by atoms with E-state index in [0.717, 1.165) is 18.2 Å². The van der Waals surface area contributed by atoms with Gasteiger partial charge in [-0.2, -0.15) is 0 Å². The second-order valence-electron chi connectivity index (χ2n) is 10.4. The topological polar surface area (TPSA) is 230 Å². The summed E-state index contributed by atoms with van der Waals surface area (Å²) in [6.07, 6.45) is 0.0812. The number of ether oxygens (including phenoxy) is 4. The lowest BCUT2D eigenvalue weighted by atomic mass is 10.1. The molecule has 1 amide bonds. The van der Waals surface area contributed by atoms with Gasteiger partial charge in [-0.25, -0.2) is 36.6 Å². The number of nitrogens with two attached hydrogens (primary N) is 1. The number of halogens is 7. The monoisotopic (exact) mass is 941 g/mol. The summed E-state index contributed by atoms with van der Waals surface area (Å²) >= 11 is 10.1. The molecule has 6 N–H and O–H groups in total. The highest BCUT2D eigenvalue weighted by Gasteiger charge is 2.22. The van der Waals surface area contributed by atoms with Crippen molar-refractivity contribution in [1.82, 2.24) is 10.2 Å². The van der Waals surface area contributed by atoms with Crippen molar-refractivity contribution in [3.63, 3.8) is 0 Å². The average molecular weight is 944 g/mol. The Hall–Kier alpha value is -4.21. The molecule has 0 unspecified atom stereocenters. The van der Waals surface area contributed by atoms with Crippen molar-refractivity contribution in [1.29, 1.82) is 0 Å². The highest BCUT2D eigenvalue weighted by atomic mass is 36.0. The first-order chi connectivity index (χ1) is 27.8. The third kappa shape index (κ3) is 33.3. The van der Waals surface area contributed by atoms with Crippen LogP contribution in [-0.4, -0.2) is 96.5 Å². The predicted octanol–water partition coefficient (Wildman–Crippen LogP) is 6.12. The van der Waals surface area contributed by atoms with Gasteiger partial charge in [-0.05, 0) is 91.6 Å². The van der Waals surface area contributed by atoms with Gasteiger partial charge in [0.25, 0.3) is 0 Å². The van der Waals surface area contributed by atoms with E-state index in [4.69, 9.17) is 48.3 Å². The summed E-state index contributed by atoms with van der Waals surface area (Å²) in [6, 6.07) is 14.7. The Balaban J connectivity index is -0.000000708. The number of aliphatic hydroxyl groups is 1. The van der Waals surface area contributed by atoms with E-state index in [2.05, 4.69) is 45.7 Å². The molecule has 0 aliphatic carbocycles. The van der Waals surface area contributed by atoms with Crippen molar-refractivity contribution >= 4 is 83.4 Å². The van der Waals surface area contributed by atoms with E-state index in [0.29, 0.717) is 18.6 Å². The van der Waals surface area contributed by atoms with Crippen LogP contribution in [-0.2, 0) is 61.8 Å². The highest BCUT2D eigenvalue weighted by molar-refractivity contribution is 8.26. The second kappa shape index (κ2) is 36.8. The Morgan fingerprint density at radius 2 is 1.02 bits per heavy atom. The number of methoxy groups -OCH3 is 2. The molecule has 0 saturated carbocycles. The third-order valence-electron chi connectivity index (χ3n) is 6.32. The third-order valence-corrected chi connectivity index (χ3v) is 6.69. The Morgan fingerprint density at radius 3 is 1.29 bits per heavy atom. The standard InChI is InChI=1S/C13H16FNO4.C10H11ClFNO2.C9H10FNO2.C3H5ClO2.CH4O.Cl2OS/c1-3-19-13(17)15-11(12(16)18-2)8-9-4-6-10(14)7-5-9;1-15-10(14)9(13-11)6-7-2-4-8(12)5-3-7;10-7-3-1-6(2-4-7)5-8(11)9(12)13;1-2-6-3(4)5;1-2;1-4(2)3/h4-7,11H,3,8H2,1-2H3,(H,15,17);2-5,9,13H,6H2,1H3;1-4,8H,5,11H2,(H,12,13);2H2,1H3;2H,1H3;/t11-;9-;8-;;;/m000.../s1. The predicted molar refractivity (Wildman–Crippen MR) is 218 cm³/mol. The van der Waals surface area contributed by atoms with Crippen LogP contribution in [0.15, 0.2) is 72.8 Å². The van der Waals surface area contributed by atoms with Crippen molar-refractivity contribution in [3.8, 4) is 0 Å². The van der Waals surface area contributed by atoms with Crippen molar-refractivity contribution in [2.75, 3.05) is 34.5 Å². The Kier molecular flexibility index (Phi) is 36.9. The Bertz CT molecular complexity index is 1650. The summed E-state index contributed by atoms with van der Waals surface area (Å²) in [6.45, 7) is 3.91. The Labute approximate surface area is 361 Å². The van der Waals surface area contributed by atoms with Gasteiger partial charge in [-0.3, -0.25) is 9.59 Å². The lowest BCUT2D eigenvalue weighted by Crippen LogP contribution is -2.43. The zero-order valence-electron chi connectivity index (χ0n) is 32.3. The molecule has 3 aromatic carbocycles. The number of aliphatic hydroxyl groups excluding tert-OH is 1. The van der Waals surface area contributed by atoms with Gasteiger partial charge in [-0.1, -0.05) is 36.4 Å². The number of hydrogen-bond acceptors (Lipinski definition) is 13. The van der Waals surface area contributed by atoms with Gasteiger partial charge >= 0.3 is 29.4 Å².